The maximum Gasteiger partial charge on any atom is 0.164 e. The number of ether oxygens (including phenoxy) is 2. The van der Waals surface area contributed by atoms with Crippen LogP contribution in [0.3, 0.4) is 0 Å². The molecule has 0 saturated heterocycles. The van der Waals surface area contributed by atoms with E-state index >= 15 is 0 Å². The molecule has 0 fully saturated rings. The van der Waals surface area contributed by atoms with E-state index in [0.717, 1.165) is 11.3 Å². The highest BCUT2D eigenvalue weighted by Crippen LogP contribution is 2.12. The van der Waals surface area contributed by atoms with Crippen LogP contribution >= 0.6 is 12.2 Å². The summed E-state index contributed by atoms with van der Waals surface area (Å²) in [6.07, 6.45) is 0.688. The Kier molecular flexibility index (Phi) is 4.40. The first-order valence-corrected chi connectivity index (χ1v) is 4.95. The first-order valence-electron chi connectivity index (χ1n) is 4.54. The van der Waals surface area contributed by atoms with Gasteiger partial charge < -0.3 is 9.47 Å². The molecule has 0 aromatic heterocycles. The lowest BCUT2D eigenvalue weighted by atomic mass is 10.1. The molecular formula is C11H14O2S. The van der Waals surface area contributed by atoms with Gasteiger partial charge in [0, 0.05) is 6.42 Å². The number of rotatable bonds is 4. The first kappa shape index (κ1) is 11.0. The first-order chi connectivity index (χ1) is 6.76. The van der Waals surface area contributed by atoms with Gasteiger partial charge in [0.2, 0.25) is 0 Å². The van der Waals surface area contributed by atoms with E-state index in [0.29, 0.717) is 18.1 Å². The number of hydrogen-bond donors (Lipinski definition) is 0. The third-order valence-electron chi connectivity index (χ3n) is 1.81. The van der Waals surface area contributed by atoms with Crippen molar-refractivity contribution in [2.45, 2.75) is 13.3 Å². The normalized spacial score (nSPS) is 9.57. The smallest absolute Gasteiger partial charge is 0.164 e. The summed E-state index contributed by atoms with van der Waals surface area (Å²) < 4.78 is 10.3. The van der Waals surface area contributed by atoms with Gasteiger partial charge in [-0.2, -0.15) is 0 Å². The minimum absolute atomic E-state index is 0.634. The zero-order chi connectivity index (χ0) is 10.4. The van der Waals surface area contributed by atoms with Crippen molar-refractivity contribution in [3.63, 3.8) is 0 Å². The molecule has 1 rings (SSSR count). The molecule has 0 heterocycles. The Morgan fingerprint density at radius 1 is 1.29 bits per heavy atom. The molecule has 3 heteroatoms. The van der Waals surface area contributed by atoms with Crippen molar-refractivity contribution in [2.75, 3.05) is 13.7 Å². The Bertz CT molecular complexity index is 293. The van der Waals surface area contributed by atoms with Gasteiger partial charge in [-0.1, -0.05) is 12.1 Å². The molecular weight excluding hydrogens is 196 g/mol. The molecule has 0 aliphatic rings. The van der Waals surface area contributed by atoms with Crippen LogP contribution in [0.2, 0.25) is 0 Å². The van der Waals surface area contributed by atoms with Gasteiger partial charge in [-0.15, -0.1) is 0 Å². The van der Waals surface area contributed by atoms with Gasteiger partial charge in [0.05, 0.1) is 13.7 Å². The predicted molar refractivity (Wildman–Crippen MR) is 60.9 cm³/mol. The Morgan fingerprint density at radius 2 is 1.93 bits per heavy atom. The minimum Gasteiger partial charge on any atom is -0.497 e. The van der Waals surface area contributed by atoms with Crippen molar-refractivity contribution in [3.05, 3.63) is 29.8 Å². The Labute approximate surface area is 89.8 Å². The molecule has 0 amide bonds. The average Bonchev–Trinajstić information content (AvgIpc) is 2.19. The van der Waals surface area contributed by atoms with Crippen LogP contribution in [0.25, 0.3) is 0 Å². The van der Waals surface area contributed by atoms with Gasteiger partial charge in [-0.25, -0.2) is 0 Å². The molecule has 2 nitrogen and oxygen atoms in total. The van der Waals surface area contributed by atoms with E-state index in [9.17, 15) is 0 Å². The zero-order valence-corrected chi connectivity index (χ0v) is 9.26. The summed E-state index contributed by atoms with van der Waals surface area (Å²) in [7, 11) is 1.65. The van der Waals surface area contributed by atoms with Gasteiger partial charge in [-0.3, -0.25) is 0 Å². The molecule has 14 heavy (non-hydrogen) atoms. The fourth-order valence-electron chi connectivity index (χ4n) is 1.12. The van der Waals surface area contributed by atoms with Crippen molar-refractivity contribution in [1.29, 1.82) is 0 Å². The summed E-state index contributed by atoms with van der Waals surface area (Å²) in [5, 5.41) is 0.637. The summed E-state index contributed by atoms with van der Waals surface area (Å²) in [6.45, 7) is 2.56. The van der Waals surface area contributed by atoms with Crippen LogP contribution in [0, 0.1) is 0 Å². The van der Waals surface area contributed by atoms with Crippen LogP contribution < -0.4 is 4.74 Å². The van der Waals surface area contributed by atoms with Gasteiger partial charge in [0.25, 0.3) is 0 Å². The molecule has 0 aliphatic carbocycles. The van der Waals surface area contributed by atoms with Crippen molar-refractivity contribution in [2.24, 2.45) is 0 Å². The van der Waals surface area contributed by atoms with Crippen LogP contribution in [-0.2, 0) is 11.2 Å². The minimum atomic E-state index is 0.634. The van der Waals surface area contributed by atoms with Crippen LogP contribution in [0.15, 0.2) is 24.3 Å². The number of methoxy groups -OCH3 is 1. The van der Waals surface area contributed by atoms with E-state index in [-0.39, 0.29) is 0 Å². The van der Waals surface area contributed by atoms with E-state index in [1.54, 1.807) is 7.11 Å². The summed E-state index contributed by atoms with van der Waals surface area (Å²) in [6, 6.07) is 7.82. The average molecular weight is 210 g/mol. The fourth-order valence-corrected chi connectivity index (χ4v) is 1.41. The Hall–Kier alpha value is -1.09. The van der Waals surface area contributed by atoms with Crippen LogP contribution in [0.4, 0.5) is 0 Å². The third-order valence-corrected chi connectivity index (χ3v) is 2.08. The summed E-state index contributed by atoms with van der Waals surface area (Å²) in [5.74, 6) is 0.857. The van der Waals surface area contributed by atoms with Crippen molar-refractivity contribution in [3.8, 4) is 5.75 Å². The van der Waals surface area contributed by atoms with Crippen LogP contribution in [-0.4, -0.2) is 18.8 Å². The van der Waals surface area contributed by atoms with Crippen molar-refractivity contribution >= 4 is 17.3 Å². The van der Waals surface area contributed by atoms with Crippen molar-refractivity contribution < 1.29 is 9.47 Å². The summed E-state index contributed by atoms with van der Waals surface area (Å²) in [5.41, 5.74) is 1.14. The van der Waals surface area contributed by atoms with E-state index in [1.807, 2.05) is 31.2 Å². The van der Waals surface area contributed by atoms with Gasteiger partial charge in [0.15, 0.2) is 5.05 Å². The molecule has 1 aromatic carbocycles. The molecule has 0 aliphatic heterocycles. The second kappa shape index (κ2) is 5.60. The molecule has 0 spiro atoms. The quantitative estimate of drug-likeness (QED) is 0.712. The number of thiocarbonyl (C=S) groups is 1. The summed E-state index contributed by atoms with van der Waals surface area (Å²) >= 11 is 5.04. The van der Waals surface area contributed by atoms with Gasteiger partial charge in [0.1, 0.15) is 5.75 Å². The zero-order valence-electron chi connectivity index (χ0n) is 8.45. The van der Waals surface area contributed by atoms with Gasteiger partial charge in [-0.05, 0) is 36.8 Å². The van der Waals surface area contributed by atoms with Gasteiger partial charge >= 0.3 is 0 Å². The maximum atomic E-state index is 5.20. The number of hydrogen-bond acceptors (Lipinski definition) is 3. The summed E-state index contributed by atoms with van der Waals surface area (Å²) in [4.78, 5) is 0. The maximum absolute atomic E-state index is 5.20. The molecule has 0 saturated carbocycles. The highest BCUT2D eigenvalue weighted by atomic mass is 32.1. The molecule has 0 atom stereocenters. The van der Waals surface area contributed by atoms with E-state index in [4.69, 9.17) is 21.7 Å². The highest BCUT2D eigenvalue weighted by Gasteiger charge is 1.99. The van der Waals surface area contributed by atoms with Crippen LogP contribution in [0.5, 0.6) is 5.75 Å². The van der Waals surface area contributed by atoms with E-state index in [2.05, 4.69) is 0 Å². The fraction of sp³-hybridized carbons (Fsp3) is 0.364. The largest absolute Gasteiger partial charge is 0.497 e. The Balaban J connectivity index is 2.55. The lowest BCUT2D eigenvalue weighted by Gasteiger charge is -2.05. The highest BCUT2D eigenvalue weighted by molar-refractivity contribution is 7.80. The van der Waals surface area contributed by atoms with Crippen molar-refractivity contribution in [1.82, 2.24) is 0 Å². The molecule has 0 radical (unpaired) electrons. The monoisotopic (exact) mass is 210 g/mol. The standard InChI is InChI=1S/C11H14O2S/c1-3-13-11(14)8-9-4-6-10(12-2)7-5-9/h4-7H,3,8H2,1-2H3. The molecule has 76 valence electrons. The topological polar surface area (TPSA) is 18.5 Å². The molecule has 0 N–H and O–H groups in total. The van der Waals surface area contributed by atoms with E-state index < -0.39 is 0 Å². The SMILES string of the molecule is CCOC(=S)Cc1ccc(OC)cc1. The third kappa shape index (κ3) is 3.34. The lowest BCUT2D eigenvalue weighted by molar-refractivity contribution is 0.329. The van der Waals surface area contributed by atoms with Crippen LogP contribution in [0.1, 0.15) is 12.5 Å². The molecule has 0 unspecified atom stereocenters. The predicted octanol–water partition coefficient (Wildman–Crippen LogP) is 2.60. The molecule has 0 bridgehead atoms. The van der Waals surface area contributed by atoms with E-state index in [1.165, 1.54) is 0 Å². The second-order valence-corrected chi connectivity index (χ2v) is 3.29. The second-order valence-electron chi connectivity index (χ2n) is 2.83. The molecule has 1 aromatic rings. The lowest BCUT2D eigenvalue weighted by Crippen LogP contribution is -2.04. The number of benzene rings is 1. The Morgan fingerprint density at radius 3 is 2.43 bits per heavy atom.